The second kappa shape index (κ2) is 6.80. The molecule has 1 fully saturated rings. The molecule has 0 saturated carbocycles. The van der Waals surface area contributed by atoms with Crippen LogP contribution >= 0.6 is 0 Å². The van der Waals surface area contributed by atoms with E-state index >= 15 is 0 Å². The van der Waals surface area contributed by atoms with E-state index in [1.807, 2.05) is 13.0 Å². The molecule has 1 aliphatic rings. The Morgan fingerprint density at radius 1 is 1.43 bits per heavy atom. The molecule has 5 heteroatoms. The first-order valence-electron chi connectivity index (χ1n) is 7.34. The fourth-order valence-electron chi connectivity index (χ4n) is 2.67. The zero-order valence-corrected chi connectivity index (χ0v) is 13.0. The molecule has 0 aliphatic carbocycles. The van der Waals surface area contributed by atoms with Gasteiger partial charge in [-0.3, -0.25) is 0 Å². The van der Waals surface area contributed by atoms with Gasteiger partial charge in [-0.1, -0.05) is 6.42 Å². The molecule has 0 radical (unpaired) electrons. The van der Waals surface area contributed by atoms with Crippen molar-refractivity contribution in [3.8, 4) is 5.75 Å². The summed E-state index contributed by atoms with van der Waals surface area (Å²) in [6.07, 6.45) is 3.64. The summed E-state index contributed by atoms with van der Waals surface area (Å²) in [5, 5.41) is 0. The molecule has 1 aliphatic heterocycles. The number of likely N-dealkylation sites (tertiary alicyclic amines) is 1. The number of nitrogens with two attached hydrogens (primary N) is 1. The number of aryl methyl sites for hydroxylation is 1. The van der Waals surface area contributed by atoms with Crippen molar-refractivity contribution in [3.63, 3.8) is 0 Å². The Morgan fingerprint density at radius 3 is 2.86 bits per heavy atom. The summed E-state index contributed by atoms with van der Waals surface area (Å²) in [6.45, 7) is 3.60. The van der Waals surface area contributed by atoms with E-state index < -0.39 is 5.97 Å². The lowest BCUT2D eigenvalue weighted by Gasteiger charge is -2.32. The summed E-state index contributed by atoms with van der Waals surface area (Å²) in [7, 11) is 3.48. The van der Waals surface area contributed by atoms with Crippen molar-refractivity contribution in [1.29, 1.82) is 0 Å². The smallest absolute Gasteiger partial charge is 0.340 e. The maximum atomic E-state index is 11.7. The van der Waals surface area contributed by atoms with Gasteiger partial charge in [0.15, 0.2) is 0 Å². The number of piperidine rings is 1. The summed E-state index contributed by atoms with van der Waals surface area (Å²) in [4.78, 5) is 14.1. The minimum atomic E-state index is -0.434. The molecule has 1 saturated heterocycles. The number of carbonyl (C=O) groups excluding carboxylic acids is 1. The number of ether oxygens (including phenoxy) is 2. The highest BCUT2D eigenvalue weighted by molar-refractivity contribution is 5.96. The van der Waals surface area contributed by atoms with Gasteiger partial charge in [-0.25, -0.2) is 4.79 Å². The normalized spacial score (nSPS) is 19.3. The molecule has 1 aromatic rings. The fourth-order valence-corrected chi connectivity index (χ4v) is 2.67. The number of anilines is 1. The van der Waals surface area contributed by atoms with Crippen molar-refractivity contribution in [2.75, 3.05) is 33.0 Å². The number of methoxy groups -OCH3 is 1. The van der Waals surface area contributed by atoms with Crippen molar-refractivity contribution >= 4 is 11.7 Å². The summed E-state index contributed by atoms with van der Waals surface area (Å²) in [5.74, 6) is 0.233. The van der Waals surface area contributed by atoms with Gasteiger partial charge < -0.3 is 20.1 Å². The van der Waals surface area contributed by atoms with E-state index in [0.29, 0.717) is 29.6 Å². The first-order valence-corrected chi connectivity index (χ1v) is 7.34. The second-order valence-electron chi connectivity index (χ2n) is 5.63. The predicted octanol–water partition coefficient (Wildman–Crippen LogP) is 2.23. The molecule has 1 atom stereocenters. The lowest BCUT2D eigenvalue weighted by Crippen LogP contribution is -2.40. The molecule has 116 valence electrons. The summed E-state index contributed by atoms with van der Waals surface area (Å²) < 4.78 is 10.6. The lowest BCUT2D eigenvalue weighted by molar-refractivity contribution is 0.0601. The van der Waals surface area contributed by atoms with Crippen molar-refractivity contribution in [3.05, 3.63) is 23.3 Å². The maximum absolute atomic E-state index is 11.7. The van der Waals surface area contributed by atoms with Crippen molar-refractivity contribution < 1.29 is 14.3 Å². The van der Waals surface area contributed by atoms with Gasteiger partial charge in [-0.2, -0.15) is 0 Å². The first kappa shape index (κ1) is 15.6. The highest BCUT2D eigenvalue weighted by Gasteiger charge is 2.20. The predicted molar refractivity (Wildman–Crippen MR) is 82.7 cm³/mol. The van der Waals surface area contributed by atoms with Gasteiger partial charge in [0.1, 0.15) is 12.4 Å². The molecule has 0 bridgehead atoms. The van der Waals surface area contributed by atoms with Crippen LogP contribution in [0, 0.1) is 6.92 Å². The van der Waals surface area contributed by atoms with Crippen LogP contribution in [0.2, 0.25) is 0 Å². The van der Waals surface area contributed by atoms with E-state index in [4.69, 9.17) is 15.2 Å². The Balaban J connectivity index is 2.09. The number of hydrogen-bond donors (Lipinski definition) is 1. The van der Waals surface area contributed by atoms with Crippen LogP contribution in [-0.4, -0.2) is 44.2 Å². The largest absolute Gasteiger partial charge is 0.492 e. The van der Waals surface area contributed by atoms with Crippen molar-refractivity contribution in [2.45, 2.75) is 32.2 Å². The van der Waals surface area contributed by atoms with E-state index in [2.05, 4.69) is 11.9 Å². The highest BCUT2D eigenvalue weighted by atomic mass is 16.5. The number of esters is 1. The Kier molecular flexibility index (Phi) is 5.07. The first-order chi connectivity index (χ1) is 10.0. The molecule has 5 nitrogen and oxygen atoms in total. The third kappa shape index (κ3) is 3.67. The zero-order chi connectivity index (χ0) is 15.4. The van der Waals surface area contributed by atoms with E-state index in [9.17, 15) is 4.79 Å². The van der Waals surface area contributed by atoms with Gasteiger partial charge in [0.2, 0.25) is 0 Å². The van der Waals surface area contributed by atoms with Crippen LogP contribution in [0.4, 0.5) is 5.69 Å². The minimum absolute atomic E-state index is 0.365. The molecule has 0 amide bonds. The van der Waals surface area contributed by atoms with Gasteiger partial charge >= 0.3 is 5.97 Å². The third-order valence-electron chi connectivity index (χ3n) is 4.13. The molecule has 1 unspecified atom stereocenters. The quantitative estimate of drug-likeness (QED) is 0.681. The molecule has 1 heterocycles. The Morgan fingerprint density at radius 2 is 2.19 bits per heavy atom. The lowest BCUT2D eigenvalue weighted by atomic mass is 10.0. The van der Waals surface area contributed by atoms with Crippen molar-refractivity contribution in [2.24, 2.45) is 0 Å². The van der Waals surface area contributed by atoms with Crippen LogP contribution < -0.4 is 10.5 Å². The number of carbonyl (C=O) groups is 1. The number of nitrogens with zero attached hydrogens (tertiary/aromatic N) is 1. The minimum Gasteiger partial charge on any atom is -0.492 e. The number of likely N-dealkylation sites (N-methyl/N-ethyl adjacent to an activating group) is 1. The topological polar surface area (TPSA) is 64.8 Å². The van der Waals surface area contributed by atoms with Gasteiger partial charge in [0.05, 0.1) is 12.7 Å². The van der Waals surface area contributed by atoms with Crippen LogP contribution in [-0.2, 0) is 4.74 Å². The average Bonchev–Trinajstić information content (AvgIpc) is 2.48. The zero-order valence-electron chi connectivity index (χ0n) is 13.0. The van der Waals surface area contributed by atoms with Crippen molar-refractivity contribution in [1.82, 2.24) is 4.90 Å². The Hall–Kier alpha value is -1.75. The Labute approximate surface area is 126 Å². The standard InChI is InChI=1S/C16H24N2O3/c1-11-8-13(9-14(15(11)17)16(19)20-3)21-10-12-6-4-5-7-18(12)2/h8-9,12H,4-7,10,17H2,1-3H3. The molecule has 2 rings (SSSR count). The maximum Gasteiger partial charge on any atom is 0.340 e. The Bertz CT molecular complexity index is 516. The average molecular weight is 292 g/mol. The van der Waals surface area contributed by atoms with Crippen LogP contribution in [0.1, 0.15) is 35.2 Å². The van der Waals surface area contributed by atoms with Gasteiger partial charge in [-0.05, 0) is 51.1 Å². The number of hydrogen-bond acceptors (Lipinski definition) is 5. The van der Waals surface area contributed by atoms with E-state index in [1.54, 1.807) is 6.07 Å². The summed E-state index contributed by atoms with van der Waals surface area (Å²) in [5.41, 5.74) is 7.56. The van der Waals surface area contributed by atoms with Gasteiger partial charge in [0, 0.05) is 11.7 Å². The second-order valence-corrected chi connectivity index (χ2v) is 5.63. The monoisotopic (exact) mass is 292 g/mol. The molecule has 0 aromatic heterocycles. The SMILES string of the molecule is COC(=O)c1cc(OCC2CCCCN2C)cc(C)c1N. The van der Waals surface area contributed by atoms with Crippen LogP contribution in [0.25, 0.3) is 0 Å². The third-order valence-corrected chi connectivity index (χ3v) is 4.13. The number of benzene rings is 1. The van der Waals surface area contributed by atoms with E-state index in [1.165, 1.54) is 20.0 Å². The fraction of sp³-hybridized carbons (Fsp3) is 0.562. The summed E-state index contributed by atoms with van der Waals surface area (Å²) in [6, 6.07) is 3.96. The van der Waals surface area contributed by atoms with E-state index in [-0.39, 0.29) is 0 Å². The summed E-state index contributed by atoms with van der Waals surface area (Å²) >= 11 is 0. The molecular weight excluding hydrogens is 268 g/mol. The van der Waals surface area contributed by atoms with Gasteiger partial charge in [0.25, 0.3) is 0 Å². The number of rotatable bonds is 4. The molecule has 2 N–H and O–H groups in total. The molecule has 0 spiro atoms. The van der Waals surface area contributed by atoms with Crippen LogP contribution in [0.15, 0.2) is 12.1 Å². The van der Waals surface area contributed by atoms with E-state index in [0.717, 1.165) is 18.5 Å². The van der Waals surface area contributed by atoms with Crippen LogP contribution in [0.3, 0.4) is 0 Å². The molecular formula is C16H24N2O3. The number of nitrogen functional groups attached to an aromatic ring is 1. The molecule has 1 aromatic carbocycles. The van der Waals surface area contributed by atoms with Gasteiger partial charge in [-0.15, -0.1) is 0 Å². The molecule has 21 heavy (non-hydrogen) atoms. The highest BCUT2D eigenvalue weighted by Crippen LogP contribution is 2.26. The van der Waals surface area contributed by atoms with Crippen LogP contribution in [0.5, 0.6) is 5.75 Å².